The first kappa shape index (κ1) is 29.1. The summed E-state index contributed by atoms with van der Waals surface area (Å²) in [5.41, 5.74) is 2.62. The van der Waals surface area contributed by atoms with Gasteiger partial charge in [0.1, 0.15) is 0 Å². The molecule has 0 unspecified atom stereocenters. The highest BCUT2D eigenvalue weighted by Crippen LogP contribution is 2.49. The molecule has 2 aromatic carbocycles. The first-order valence-electron chi connectivity index (χ1n) is 15.6. The minimum absolute atomic E-state index is 0.000679. The largest absolute Gasteiger partial charge is 0.549 e. The second kappa shape index (κ2) is 12.7. The van der Waals surface area contributed by atoms with E-state index in [0.29, 0.717) is 50.6 Å². The first-order chi connectivity index (χ1) is 20.9. The standard InChI is InChI=1S/C34H41N5O4/c40-31-20-29(25-9-3-1-4-10-25)36-24-38(31)22-27-13-17-37(23-34(27)15-7-8-16-34)33(43)39-18-14-28(35-21-32(41)42)19-30(39)26-11-5-2-6-12-26/h1-6,9-12,20,24,27-28,30,35H,7-8,13-19,21-23H2,(H,41,42)/p-1/t27-,28+,30-/m0/s1. The number of carboxylic acids is 1. The van der Waals surface area contributed by atoms with Crippen LogP contribution in [0.25, 0.3) is 11.3 Å². The second-order valence-electron chi connectivity index (χ2n) is 12.5. The molecule has 43 heavy (non-hydrogen) atoms. The maximum Gasteiger partial charge on any atom is 0.320 e. The number of aliphatic carboxylic acids is 1. The Labute approximate surface area is 252 Å². The molecule has 1 saturated carbocycles. The van der Waals surface area contributed by atoms with E-state index in [9.17, 15) is 19.5 Å². The molecular formula is C34H40N5O4-. The molecule has 0 bridgehead atoms. The van der Waals surface area contributed by atoms with Crippen molar-refractivity contribution < 1.29 is 14.7 Å². The molecule has 2 saturated heterocycles. The molecule has 3 heterocycles. The third kappa shape index (κ3) is 6.37. The van der Waals surface area contributed by atoms with Gasteiger partial charge in [-0.2, -0.15) is 0 Å². The van der Waals surface area contributed by atoms with Crippen LogP contribution >= 0.6 is 0 Å². The van der Waals surface area contributed by atoms with Crippen LogP contribution in [-0.2, 0) is 11.3 Å². The van der Waals surface area contributed by atoms with Crippen molar-refractivity contribution in [2.75, 3.05) is 26.2 Å². The van der Waals surface area contributed by atoms with Gasteiger partial charge in [-0.3, -0.25) is 9.36 Å². The van der Waals surface area contributed by atoms with Crippen molar-refractivity contribution in [1.82, 2.24) is 24.7 Å². The van der Waals surface area contributed by atoms with Crippen molar-refractivity contribution in [3.63, 3.8) is 0 Å². The number of amides is 2. The molecule has 1 N–H and O–H groups in total. The van der Waals surface area contributed by atoms with Crippen LogP contribution < -0.4 is 16.0 Å². The summed E-state index contributed by atoms with van der Waals surface area (Å²) in [6.07, 6.45) is 8.28. The summed E-state index contributed by atoms with van der Waals surface area (Å²) in [4.78, 5) is 47.1. The number of nitrogens with zero attached hydrogens (tertiary/aromatic N) is 4. The van der Waals surface area contributed by atoms with Crippen LogP contribution in [0.2, 0.25) is 0 Å². The van der Waals surface area contributed by atoms with Crippen molar-refractivity contribution in [2.45, 2.75) is 63.6 Å². The fourth-order valence-corrected chi connectivity index (χ4v) is 7.65. The van der Waals surface area contributed by atoms with Gasteiger partial charge in [0, 0.05) is 50.4 Å². The fourth-order valence-electron chi connectivity index (χ4n) is 7.65. The monoisotopic (exact) mass is 582 g/mol. The Bertz CT molecular complexity index is 1470. The fraction of sp³-hybridized carbons (Fsp3) is 0.471. The molecule has 2 amide bonds. The molecule has 1 aliphatic carbocycles. The topological polar surface area (TPSA) is 111 Å². The van der Waals surface area contributed by atoms with Gasteiger partial charge in [0.2, 0.25) is 0 Å². The average Bonchev–Trinajstić information content (AvgIpc) is 3.51. The lowest BCUT2D eigenvalue weighted by Gasteiger charge is -2.49. The van der Waals surface area contributed by atoms with Crippen LogP contribution in [0.15, 0.2) is 77.9 Å². The van der Waals surface area contributed by atoms with Gasteiger partial charge in [-0.25, -0.2) is 9.78 Å². The molecule has 2 aliphatic heterocycles. The third-order valence-corrected chi connectivity index (χ3v) is 9.92. The third-order valence-electron chi connectivity index (χ3n) is 9.92. The van der Waals surface area contributed by atoms with E-state index in [1.165, 1.54) is 0 Å². The number of hydrogen-bond donors (Lipinski definition) is 1. The summed E-state index contributed by atoms with van der Waals surface area (Å²) in [6, 6.07) is 21.3. The highest BCUT2D eigenvalue weighted by atomic mass is 16.4. The molecule has 9 heteroatoms. The SMILES string of the molecule is O=C([O-])CN[C@@H]1CCN(C(=O)N2CC[C@@H](Cn3cnc(-c4ccccc4)cc3=O)C3(CCCC3)C2)[C@H](c2ccccc2)C1. The van der Waals surface area contributed by atoms with Crippen LogP contribution in [0.5, 0.6) is 0 Å². The lowest BCUT2D eigenvalue weighted by Crippen LogP contribution is -2.57. The number of urea groups is 1. The maximum absolute atomic E-state index is 14.2. The second-order valence-corrected chi connectivity index (χ2v) is 12.5. The summed E-state index contributed by atoms with van der Waals surface area (Å²) in [5, 5.41) is 14.2. The zero-order chi connectivity index (χ0) is 29.8. The quantitative estimate of drug-likeness (QED) is 0.457. The van der Waals surface area contributed by atoms with Crippen molar-refractivity contribution >= 4 is 12.0 Å². The number of nitrogens with one attached hydrogen (secondary N) is 1. The van der Waals surface area contributed by atoms with Gasteiger partial charge in [-0.15, -0.1) is 0 Å². The summed E-state index contributed by atoms with van der Waals surface area (Å²) < 4.78 is 1.75. The van der Waals surface area contributed by atoms with Crippen LogP contribution in [0, 0.1) is 11.3 Å². The molecule has 1 aromatic heterocycles. The number of benzene rings is 2. The highest BCUT2D eigenvalue weighted by Gasteiger charge is 2.47. The van der Waals surface area contributed by atoms with Crippen LogP contribution in [0.4, 0.5) is 4.79 Å². The predicted octanol–water partition coefficient (Wildman–Crippen LogP) is 3.46. The van der Waals surface area contributed by atoms with Gasteiger partial charge < -0.3 is 25.0 Å². The summed E-state index contributed by atoms with van der Waals surface area (Å²) in [6.45, 7) is 2.34. The van der Waals surface area contributed by atoms with Gasteiger partial charge in [0.05, 0.1) is 24.0 Å². The van der Waals surface area contributed by atoms with Crippen LogP contribution in [0.3, 0.4) is 0 Å². The van der Waals surface area contributed by atoms with Crippen LogP contribution in [-0.4, -0.2) is 63.6 Å². The smallest absolute Gasteiger partial charge is 0.320 e. The summed E-state index contributed by atoms with van der Waals surface area (Å²) in [5.74, 6) is -0.824. The van der Waals surface area contributed by atoms with Crippen molar-refractivity contribution in [1.29, 1.82) is 0 Å². The minimum atomic E-state index is -1.12. The lowest BCUT2D eigenvalue weighted by atomic mass is 9.69. The Morgan fingerprint density at radius 1 is 0.977 bits per heavy atom. The normalized spacial score (nSPS) is 23.4. The van der Waals surface area contributed by atoms with Gasteiger partial charge in [0.25, 0.3) is 5.56 Å². The Morgan fingerprint density at radius 2 is 1.70 bits per heavy atom. The minimum Gasteiger partial charge on any atom is -0.549 e. The molecule has 3 fully saturated rings. The Morgan fingerprint density at radius 3 is 2.40 bits per heavy atom. The number of likely N-dealkylation sites (tertiary alicyclic amines) is 2. The van der Waals surface area contributed by atoms with E-state index in [2.05, 4.69) is 10.3 Å². The molecule has 0 radical (unpaired) electrons. The van der Waals surface area contributed by atoms with E-state index in [1.54, 1.807) is 17.0 Å². The first-order valence-corrected chi connectivity index (χ1v) is 15.6. The van der Waals surface area contributed by atoms with Crippen molar-refractivity contribution in [2.24, 2.45) is 11.3 Å². The zero-order valence-electron chi connectivity index (χ0n) is 24.6. The van der Waals surface area contributed by atoms with E-state index in [4.69, 9.17) is 0 Å². The Kier molecular flexibility index (Phi) is 8.61. The summed E-state index contributed by atoms with van der Waals surface area (Å²) in [7, 11) is 0. The van der Waals surface area contributed by atoms with Gasteiger partial charge in [-0.1, -0.05) is 73.5 Å². The van der Waals surface area contributed by atoms with E-state index in [0.717, 1.165) is 43.2 Å². The molecule has 3 atom stereocenters. The molecule has 3 aromatic rings. The number of rotatable bonds is 7. The molecule has 1 spiro atoms. The van der Waals surface area contributed by atoms with Gasteiger partial charge >= 0.3 is 6.03 Å². The lowest BCUT2D eigenvalue weighted by molar-refractivity contribution is -0.304. The molecule has 226 valence electrons. The van der Waals surface area contributed by atoms with Crippen LogP contribution in [0.1, 0.15) is 56.6 Å². The van der Waals surface area contributed by atoms with E-state index in [-0.39, 0.29) is 35.6 Å². The number of carboxylic acid groups (broad SMARTS) is 1. The van der Waals surface area contributed by atoms with Gasteiger partial charge in [0.15, 0.2) is 0 Å². The molecule has 3 aliphatic rings. The van der Waals surface area contributed by atoms with Gasteiger partial charge in [-0.05, 0) is 49.0 Å². The number of carbonyl (C=O) groups is 2. The number of piperidine rings is 2. The van der Waals surface area contributed by atoms with Crippen molar-refractivity contribution in [3.8, 4) is 11.3 Å². The zero-order valence-corrected chi connectivity index (χ0v) is 24.6. The Hall–Kier alpha value is -3.98. The van der Waals surface area contributed by atoms with E-state index in [1.807, 2.05) is 70.5 Å². The van der Waals surface area contributed by atoms with E-state index >= 15 is 0 Å². The maximum atomic E-state index is 14.2. The Balaban J connectivity index is 1.18. The summed E-state index contributed by atoms with van der Waals surface area (Å²) >= 11 is 0. The number of carbonyl (C=O) groups excluding carboxylic acids is 2. The molecule has 9 nitrogen and oxygen atoms in total. The molecule has 6 rings (SSSR count). The van der Waals surface area contributed by atoms with E-state index < -0.39 is 5.97 Å². The van der Waals surface area contributed by atoms with Crippen molar-refractivity contribution in [3.05, 3.63) is 89.0 Å². The number of hydrogen-bond acceptors (Lipinski definition) is 6. The predicted molar refractivity (Wildman–Crippen MR) is 162 cm³/mol. The highest BCUT2D eigenvalue weighted by molar-refractivity contribution is 5.75. The molecular weight excluding hydrogens is 542 g/mol. The average molecular weight is 583 g/mol. The number of aromatic nitrogens is 2.